The fourth-order valence-corrected chi connectivity index (χ4v) is 4.12. The van der Waals surface area contributed by atoms with Crippen molar-refractivity contribution >= 4 is 5.91 Å². The molecule has 2 heterocycles. The largest absolute Gasteiger partial charge is 0.497 e. The van der Waals surface area contributed by atoms with Crippen LogP contribution < -0.4 is 9.47 Å². The molecule has 2 unspecified atom stereocenters. The SMILES string of the molecule is COc1ccc(C(=O)N2CC(Oc3nccc(C#N)c3C)CCC2C)c(C2CC2)c1. The molecular weight excluding hydrogens is 378 g/mol. The average Bonchev–Trinajstić information content (AvgIpc) is 3.61. The van der Waals surface area contributed by atoms with Crippen LogP contribution in [0.1, 0.15) is 65.6 Å². The highest BCUT2D eigenvalue weighted by atomic mass is 16.5. The molecule has 2 aliphatic rings. The Bertz CT molecular complexity index is 994. The monoisotopic (exact) mass is 405 g/mol. The summed E-state index contributed by atoms with van der Waals surface area (Å²) in [6, 6.07) is 9.76. The molecule has 1 saturated heterocycles. The predicted octanol–water partition coefficient (Wildman–Crippen LogP) is 4.22. The summed E-state index contributed by atoms with van der Waals surface area (Å²) >= 11 is 0. The number of likely N-dealkylation sites (tertiary alicyclic amines) is 1. The Hall–Kier alpha value is -3.07. The maximum Gasteiger partial charge on any atom is 0.254 e. The molecule has 0 spiro atoms. The lowest BCUT2D eigenvalue weighted by Crippen LogP contribution is -2.49. The lowest BCUT2D eigenvalue weighted by molar-refractivity contribution is 0.0370. The Labute approximate surface area is 177 Å². The molecule has 1 aromatic heterocycles. The van der Waals surface area contributed by atoms with Gasteiger partial charge in [-0.3, -0.25) is 4.79 Å². The van der Waals surface area contributed by atoms with Gasteiger partial charge < -0.3 is 14.4 Å². The first kappa shape index (κ1) is 20.2. The topological polar surface area (TPSA) is 75.4 Å². The smallest absolute Gasteiger partial charge is 0.254 e. The van der Waals surface area contributed by atoms with Crippen molar-refractivity contribution in [3.05, 3.63) is 52.7 Å². The van der Waals surface area contributed by atoms with Crippen LogP contribution in [0.3, 0.4) is 0 Å². The summed E-state index contributed by atoms with van der Waals surface area (Å²) in [7, 11) is 1.65. The third kappa shape index (κ3) is 3.97. The van der Waals surface area contributed by atoms with Crippen LogP contribution in [0, 0.1) is 18.3 Å². The van der Waals surface area contributed by atoms with Crippen LogP contribution in [0.4, 0.5) is 0 Å². The molecular formula is C24H27N3O3. The molecule has 1 amide bonds. The first-order valence-electron chi connectivity index (χ1n) is 10.5. The number of piperidine rings is 1. The van der Waals surface area contributed by atoms with E-state index in [-0.39, 0.29) is 18.1 Å². The highest BCUT2D eigenvalue weighted by molar-refractivity contribution is 5.96. The van der Waals surface area contributed by atoms with Crippen molar-refractivity contribution in [2.75, 3.05) is 13.7 Å². The van der Waals surface area contributed by atoms with Gasteiger partial charge in [0.1, 0.15) is 11.9 Å². The van der Waals surface area contributed by atoms with Gasteiger partial charge in [-0.05, 0) is 75.3 Å². The zero-order chi connectivity index (χ0) is 21.3. The molecule has 0 N–H and O–H groups in total. The molecule has 0 bridgehead atoms. The Morgan fingerprint density at radius 1 is 1.23 bits per heavy atom. The van der Waals surface area contributed by atoms with Gasteiger partial charge in [0, 0.05) is 23.4 Å². The maximum atomic E-state index is 13.5. The van der Waals surface area contributed by atoms with E-state index in [0.717, 1.165) is 48.1 Å². The van der Waals surface area contributed by atoms with Crippen molar-refractivity contribution in [3.8, 4) is 17.7 Å². The summed E-state index contributed by atoms with van der Waals surface area (Å²) in [6.07, 6.45) is 5.40. The number of aromatic nitrogens is 1. The van der Waals surface area contributed by atoms with Gasteiger partial charge in [-0.25, -0.2) is 4.98 Å². The van der Waals surface area contributed by atoms with Crippen molar-refractivity contribution in [2.24, 2.45) is 0 Å². The molecule has 1 aromatic carbocycles. The molecule has 156 valence electrons. The second-order valence-electron chi connectivity index (χ2n) is 8.25. The Kier molecular flexibility index (Phi) is 5.63. The number of methoxy groups -OCH3 is 1. The normalized spacial score (nSPS) is 21.1. The molecule has 0 radical (unpaired) electrons. The summed E-state index contributed by atoms with van der Waals surface area (Å²) in [6.45, 7) is 4.44. The lowest BCUT2D eigenvalue weighted by Gasteiger charge is -2.38. The van der Waals surface area contributed by atoms with Gasteiger partial charge in [0.2, 0.25) is 5.88 Å². The maximum absolute atomic E-state index is 13.5. The van der Waals surface area contributed by atoms with Gasteiger partial charge in [0.25, 0.3) is 5.91 Å². The average molecular weight is 405 g/mol. The van der Waals surface area contributed by atoms with Crippen LogP contribution in [0.25, 0.3) is 0 Å². The van der Waals surface area contributed by atoms with E-state index < -0.39 is 0 Å². The molecule has 2 aromatic rings. The van der Waals surface area contributed by atoms with Crippen LogP contribution >= 0.6 is 0 Å². The van der Waals surface area contributed by atoms with E-state index in [2.05, 4.69) is 18.0 Å². The summed E-state index contributed by atoms with van der Waals surface area (Å²) in [5, 5.41) is 9.24. The number of amides is 1. The number of pyridine rings is 1. The molecule has 6 heteroatoms. The fourth-order valence-electron chi connectivity index (χ4n) is 4.12. The van der Waals surface area contributed by atoms with Gasteiger partial charge in [0.15, 0.2) is 0 Å². The number of rotatable bonds is 5. The van der Waals surface area contributed by atoms with Crippen molar-refractivity contribution in [2.45, 2.75) is 57.6 Å². The van der Waals surface area contributed by atoms with Gasteiger partial charge in [-0.1, -0.05) is 0 Å². The number of ether oxygens (including phenoxy) is 2. The van der Waals surface area contributed by atoms with Gasteiger partial charge in [-0.2, -0.15) is 5.26 Å². The number of hydrogen-bond donors (Lipinski definition) is 0. The number of hydrogen-bond acceptors (Lipinski definition) is 5. The highest BCUT2D eigenvalue weighted by Crippen LogP contribution is 2.43. The van der Waals surface area contributed by atoms with E-state index in [0.29, 0.717) is 23.9 Å². The Morgan fingerprint density at radius 3 is 2.73 bits per heavy atom. The predicted molar refractivity (Wildman–Crippen MR) is 113 cm³/mol. The Balaban J connectivity index is 1.54. The minimum absolute atomic E-state index is 0.0517. The second kappa shape index (κ2) is 8.35. The van der Waals surface area contributed by atoms with Gasteiger partial charge >= 0.3 is 0 Å². The summed E-state index contributed by atoms with van der Waals surface area (Å²) < 4.78 is 11.5. The fraction of sp³-hybridized carbons (Fsp3) is 0.458. The third-order valence-corrected chi connectivity index (χ3v) is 6.16. The first-order chi connectivity index (χ1) is 14.5. The van der Waals surface area contributed by atoms with Crippen LogP contribution in [0.5, 0.6) is 11.6 Å². The molecule has 2 fully saturated rings. The molecule has 4 rings (SSSR count). The minimum atomic E-state index is -0.145. The molecule has 6 nitrogen and oxygen atoms in total. The van der Waals surface area contributed by atoms with E-state index in [4.69, 9.17) is 9.47 Å². The number of nitrogens with zero attached hydrogens (tertiary/aromatic N) is 3. The van der Waals surface area contributed by atoms with E-state index in [1.807, 2.05) is 30.0 Å². The van der Waals surface area contributed by atoms with E-state index in [1.165, 1.54) is 0 Å². The van der Waals surface area contributed by atoms with Gasteiger partial charge in [0.05, 0.1) is 25.3 Å². The zero-order valence-electron chi connectivity index (χ0n) is 17.7. The number of carbonyl (C=O) groups is 1. The lowest BCUT2D eigenvalue weighted by atomic mass is 9.97. The van der Waals surface area contributed by atoms with Crippen molar-refractivity contribution < 1.29 is 14.3 Å². The first-order valence-corrected chi connectivity index (χ1v) is 10.5. The van der Waals surface area contributed by atoms with E-state index in [1.54, 1.807) is 19.4 Å². The summed E-state index contributed by atoms with van der Waals surface area (Å²) in [4.78, 5) is 19.7. The molecule has 1 aliphatic carbocycles. The number of carbonyl (C=O) groups excluding carboxylic acids is 1. The molecule has 1 aliphatic heterocycles. The Morgan fingerprint density at radius 2 is 2.03 bits per heavy atom. The zero-order valence-corrected chi connectivity index (χ0v) is 17.7. The third-order valence-electron chi connectivity index (χ3n) is 6.16. The molecule has 1 saturated carbocycles. The summed E-state index contributed by atoms with van der Waals surface area (Å²) in [5.74, 6) is 1.77. The van der Waals surface area contributed by atoms with Crippen LogP contribution in [0.2, 0.25) is 0 Å². The standard InChI is InChI=1S/C24H27N3O3/c1-15-4-7-20(30-23-16(2)18(13-25)10-11-26-23)14-27(15)24(28)21-9-8-19(29-3)12-22(21)17-5-6-17/h8-12,15,17,20H,4-7,14H2,1-3H3. The van der Waals surface area contributed by atoms with E-state index >= 15 is 0 Å². The highest BCUT2D eigenvalue weighted by Gasteiger charge is 2.35. The van der Waals surface area contributed by atoms with Crippen LogP contribution in [-0.2, 0) is 0 Å². The van der Waals surface area contributed by atoms with Crippen LogP contribution in [0.15, 0.2) is 30.5 Å². The van der Waals surface area contributed by atoms with Crippen molar-refractivity contribution in [1.82, 2.24) is 9.88 Å². The van der Waals surface area contributed by atoms with Crippen LogP contribution in [-0.4, -0.2) is 41.6 Å². The number of benzene rings is 1. The number of nitriles is 1. The summed E-state index contributed by atoms with van der Waals surface area (Å²) in [5.41, 5.74) is 3.16. The quantitative estimate of drug-likeness (QED) is 0.744. The molecule has 2 atom stereocenters. The van der Waals surface area contributed by atoms with Crippen molar-refractivity contribution in [3.63, 3.8) is 0 Å². The van der Waals surface area contributed by atoms with Gasteiger partial charge in [-0.15, -0.1) is 0 Å². The minimum Gasteiger partial charge on any atom is -0.497 e. The molecule has 30 heavy (non-hydrogen) atoms. The van der Waals surface area contributed by atoms with Crippen molar-refractivity contribution in [1.29, 1.82) is 5.26 Å². The van der Waals surface area contributed by atoms with E-state index in [9.17, 15) is 10.1 Å². The second-order valence-corrected chi connectivity index (χ2v) is 8.25.